The van der Waals surface area contributed by atoms with Gasteiger partial charge in [0, 0.05) is 20.3 Å². The van der Waals surface area contributed by atoms with E-state index in [9.17, 15) is 0 Å². The van der Waals surface area contributed by atoms with E-state index in [1.807, 2.05) is 0 Å². The predicted octanol–water partition coefficient (Wildman–Crippen LogP) is 3.41. The van der Waals surface area contributed by atoms with Gasteiger partial charge in [-0.3, -0.25) is 0 Å². The summed E-state index contributed by atoms with van der Waals surface area (Å²) in [6.07, 6.45) is 6.02. The van der Waals surface area contributed by atoms with Crippen molar-refractivity contribution in [2.24, 2.45) is 0 Å². The van der Waals surface area contributed by atoms with E-state index in [1.54, 1.807) is 7.11 Å². The van der Waals surface area contributed by atoms with Crippen molar-refractivity contribution in [3.63, 3.8) is 0 Å². The molecule has 0 N–H and O–H groups in total. The fourth-order valence-electron chi connectivity index (χ4n) is 1.55. The Kier molecular flexibility index (Phi) is 12.3. The van der Waals surface area contributed by atoms with E-state index in [1.165, 1.54) is 6.42 Å². The van der Waals surface area contributed by atoms with Crippen LogP contribution in [0.2, 0.25) is 0 Å². The van der Waals surface area contributed by atoms with Gasteiger partial charge in [-0.05, 0) is 32.6 Å². The van der Waals surface area contributed by atoms with Gasteiger partial charge >= 0.3 is 0 Å². The van der Waals surface area contributed by atoms with Crippen LogP contribution in [0.4, 0.5) is 0 Å². The van der Waals surface area contributed by atoms with Crippen molar-refractivity contribution in [2.75, 3.05) is 26.9 Å². The topological polar surface area (TPSA) is 27.7 Å². The quantitative estimate of drug-likeness (QED) is 0.494. The number of ether oxygens (including phenoxy) is 3. The molecule has 0 spiro atoms. The summed E-state index contributed by atoms with van der Waals surface area (Å²) in [5, 5.41) is 0. The molecule has 0 rings (SSSR count). The van der Waals surface area contributed by atoms with Crippen LogP contribution in [-0.2, 0) is 14.2 Å². The first-order valence-corrected chi connectivity index (χ1v) is 6.96. The second-order valence-electron chi connectivity index (χ2n) is 4.53. The van der Waals surface area contributed by atoms with E-state index >= 15 is 0 Å². The normalized spacial score (nSPS) is 14.8. The highest BCUT2D eigenvalue weighted by atomic mass is 16.5. The number of methoxy groups -OCH3 is 1. The maximum atomic E-state index is 5.79. The van der Waals surface area contributed by atoms with Crippen molar-refractivity contribution in [3.05, 3.63) is 0 Å². The molecule has 0 radical (unpaired) electrons. The highest BCUT2D eigenvalue weighted by Crippen LogP contribution is 2.06. The average Bonchev–Trinajstić information content (AvgIpc) is 2.34. The minimum Gasteiger partial charge on any atom is -0.385 e. The molecule has 0 heterocycles. The summed E-state index contributed by atoms with van der Waals surface area (Å²) in [5.41, 5.74) is 0. The van der Waals surface area contributed by atoms with Crippen LogP contribution in [0.1, 0.15) is 52.9 Å². The first-order valence-electron chi connectivity index (χ1n) is 6.96. The molecular formula is C14H30O3. The van der Waals surface area contributed by atoms with Crippen molar-refractivity contribution in [2.45, 2.75) is 65.1 Å². The van der Waals surface area contributed by atoms with Crippen molar-refractivity contribution in [1.29, 1.82) is 0 Å². The summed E-state index contributed by atoms with van der Waals surface area (Å²) in [6, 6.07) is 0. The van der Waals surface area contributed by atoms with Crippen molar-refractivity contribution in [1.82, 2.24) is 0 Å². The SMILES string of the molecule is CCCCOC(CC)COC(C)CCCOC. The Labute approximate surface area is 107 Å². The summed E-state index contributed by atoms with van der Waals surface area (Å²) >= 11 is 0. The molecule has 0 saturated carbocycles. The monoisotopic (exact) mass is 246 g/mol. The van der Waals surface area contributed by atoms with Crippen LogP contribution in [0.25, 0.3) is 0 Å². The molecule has 104 valence electrons. The fourth-order valence-corrected chi connectivity index (χ4v) is 1.55. The minimum absolute atomic E-state index is 0.256. The zero-order chi connectivity index (χ0) is 12.9. The molecule has 0 saturated heterocycles. The second kappa shape index (κ2) is 12.3. The minimum atomic E-state index is 0.256. The van der Waals surface area contributed by atoms with Crippen molar-refractivity contribution >= 4 is 0 Å². The van der Waals surface area contributed by atoms with Gasteiger partial charge < -0.3 is 14.2 Å². The third-order valence-electron chi connectivity index (χ3n) is 2.83. The summed E-state index contributed by atoms with van der Waals surface area (Å²) in [5.74, 6) is 0. The first kappa shape index (κ1) is 16.9. The van der Waals surface area contributed by atoms with E-state index in [2.05, 4.69) is 20.8 Å². The Morgan fingerprint density at radius 2 is 1.76 bits per heavy atom. The number of unbranched alkanes of at least 4 members (excludes halogenated alkanes) is 1. The molecule has 0 aromatic heterocycles. The van der Waals surface area contributed by atoms with Crippen LogP contribution >= 0.6 is 0 Å². The van der Waals surface area contributed by atoms with Gasteiger partial charge in [0.05, 0.1) is 18.8 Å². The highest BCUT2D eigenvalue weighted by molar-refractivity contribution is 4.57. The van der Waals surface area contributed by atoms with Gasteiger partial charge in [-0.2, -0.15) is 0 Å². The van der Waals surface area contributed by atoms with Crippen LogP contribution in [0, 0.1) is 0 Å². The zero-order valence-electron chi connectivity index (χ0n) is 12.0. The van der Waals surface area contributed by atoms with Crippen LogP contribution in [-0.4, -0.2) is 39.1 Å². The standard InChI is InChI=1S/C14H30O3/c1-5-7-11-16-14(6-2)12-17-13(3)9-8-10-15-4/h13-14H,5-12H2,1-4H3. The molecule has 0 aliphatic rings. The molecular weight excluding hydrogens is 216 g/mol. The lowest BCUT2D eigenvalue weighted by Gasteiger charge is -2.19. The van der Waals surface area contributed by atoms with Crippen LogP contribution in [0.3, 0.4) is 0 Å². The van der Waals surface area contributed by atoms with Crippen LogP contribution in [0.15, 0.2) is 0 Å². The molecule has 0 bridgehead atoms. The lowest BCUT2D eigenvalue weighted by atomic mass is 10.2. The smallest absolute Gasteiger partial charge is 0.0806 e. The molecule has 0 amide bonds. The molecule has 2 atom stereocenters. The molecule has 0 aromatic rings. The van der Waals surface area contributed by atoms with Gasteiger partial charge in [0.15, 0.2) is 0 Å². The van der Waals surface area contributed by atoms with Crippen LogP contribution in [0.5, 0.6) is 0 Å². The third-order valence-corrected chi connectivity index (χ3v) is 2.83. The largest absolute Gasteiger partial charge is 0.385 e. The van der Waals surface area contributed by atoms with Gasteiger partial charge in [0.25, 0.3) is 0 Å². The Hall–Kier alpha value is -0.120. The molecule has 0 aliphatic heterocycles. The molecule has 2 unspecified atom stereocenters. The Bertz CT molecular complexity index is 150. The predicted molar refractivity (Wildman–Crippen MR) is 71.5 cm³/mol. The molecule has 3 nitrogen and oxygen atoms in total. The maximum absolute atomic E-state index is 5.79. The summed E-state index contributed by atoms with van der Waals surface area (Å²) in [6.45, 7) is 8.84. The first-order chi connectivity index (χ1) is 8.24. The van der Waals surface area contributed by atoms with E-state index in [4.69, 9.17) is 14.2 Å². The molecule has 17 heavy (non-hydrogen) atoms. The van der Waals surface area contributed by atoms with Gasteiger partial charge in [-0.25, -0.2) is 0 Å². The van der Waals surface area contributed by atoms with Gasteiger partial charge in [-0.1, -0.05) is 20.3 Å². The molecule has 3 heteroatoms. The summed E-state index contributed by atoms with van der Waals surface area (Å²) in [7, 11) is 1.74. The van der Waals surface area contributed by atoms with Crippen LogP contribution < -0.4 is 0 Å². The lowest BCUT2D eigenvalue weighted by Crippen LogP contribution is -2.23. The Morgan fingerprint density at radius 1 is 1.00 bits per heavy atom. The van der Waals surface area contributed by atoms with E-state index in [0.29, 0.717) is 12.7 Å². The summed E-state index contributed by atoms with van der Waals surface area (Å²) in [4.78, 5) is 0. The van der Waals surface area contributed by atoms with E-state index in [-0.39, 0.29) is 6.10 Å². The number of hydrogen-bond acceptors (Lipinski definition) is 3. The zero-order valence-corrected chi connectivity index (χ0v) is 12.0. The fraction of sp³-hybridized carbons (Fsp3) is 1.00. The number of rotatable bonds is 12. The van der Waals surface area contributed by atoms with E-state index in [0.717, 1.165) is 38.9 Å². The average molecular weight is 246 g/mol. The van der Waals surface area contributed by atoms with Crippen molar-refractivity contribution in [3.8, 4) is 0 Å². The van der Waals surface area contributed by atoms with Gasteiger partial charge in [0.2, 0.25) is 0 Å². The second-order valence-corrected chi connectivity index (χ2v) is 4.53. The Morgan fingerprint density at radius 3 is 2.35 bits per heavy atom. The molecule has 0 aromatic carbocycles. The van der Waals surface area contributed by atoms with E-state index < -0.39 is 0 Å². The highest BCUT2D eigenvalue weighted by Gasteiger charge is 2.09. The number of hydrogen-bond donors (Lipinski definition) is 0. The summed E-state index contributed by atoms with van der Waals surface area (Å²) < 4.78 is 16.6. The van der Waals surface area contributed by atoms with Gasteiger partial charge in [-0.15, -0.1) is 0 Å². The Balaban J connectivity index is 3.52. The molecule has 0 aliphatic carbocycles. The third kappa shape index (κ3) is 10.7. The van der Waals surface area contributed by atoms with Gasteiger partial charge in [0.1, 0.15) is 0 Å². The van der Waals surface area contributed by atoms with Crippen molar-refractivity contribution < 1.29 is 14.2 Å². The molecule has 0 fully saturated rings. The lowest BCUT2D eigenvalue weighted by molar-refractivity contribution is -0.0445. The maximum Gasteiger partial charge on any atom is 0.0806 e.